The number of amides is 1. The van der Waals surface area contributed by atoms with E-state index in [1.54, 1.807) is 0 Å². The molecule has 18 heavy (non-hydrogen) atoms. The summed E-state index contributed by atoms with van der Waals surface area (Å²) in [6, 6.07) is 0.458. The number of carbonyl (C=O) groups is 1. The smallest absolute Gasteiger partial charge is 0.230 e. The molecule has 0 radical (unpaired) electrons. The van der Waals surface area contributed by atoms with E-state index in [-0.39, 0.29) is 5.41 Å². The third kappa shape index (κ3) is 2.56. The Morgan fingerprint density at radius 3 is 2.22 bits per heavy atom. The minimum Gasteiger partial charge on any atom is -0.342 e. The molecule has 0 saturated heterocycles. The molecule has 3 heteroatoms. The average molecular weight is 252 g/mol. The summed E-state index contributed by atoms with van der Waals surface area (Å²) in [5, 5.41) is 0. The topological polar surface area (TPSA) is 46.3 Å². The molecule has 2 aliphatic carbocycles. The second kappa shape index (κ2) is 5.60. The normalized spacial score (nSPS) is 33.6. The first kappa shape index (κ1) is 13.9. The van der Waals surface area contributed by atoms with Gasteiger partial charge in [0.05, 0.1) is 5.41 Å². The Morgan fingerprint density at radius 1 is 1.22 bits per heavy atom. The predicted molar refractivity (Wildman–Crippen MR) is 74.1 cm³/mol. The van der Waals surface area contributed by atoms with Crippen LogP contribution in [-0.4, -0.2) is 30.4 Å². The van der Waals surface area contributed by atoms with Gasteiger partial charge in [0.15, 0.2) is 0 Å². The molecule has 2 aliphatic rings. The molecule has 2 fully saturated rings. The molecule has 0 atom stereocenters. The molecule has 3 nitrogen and oxygen atoms in total. The van der Waals surface area contributed by atoms with E-state index in [4.69, 9.17) is 5.73 Å². The van der Waals surface area contributed by atoms with Crippen LogP contribution in [0.1, 0.15) is 58.3 Å². The lowest BCUT2D eigenvalue weighted by Crippen LogP contribution is -2.55. The molecule has 0 aromatic rings. The van der Waals surface area contributed by atoms with Crippen molar-refractivity contribution in [1.29, 1.82) is 0 Å². The van der Waals surface area contributed by atoms with Crippen LogP contribution in [0.4, 0.5) is 0 Å². The number of carbonyl (C=O) groups excluding carboxylic acids is 1. The Labute approximate surface area is 111 Å². The highest BCUT2D eigenvalue weighted by atomic mass is 16.2. The number of nitrogens with zero attached hydrogens (tertiary/aromatic N) is 1. The Balaban J connectivity index is 1.98. The van der Waals surface area contributed by atoms with Crippen LogP contribution in [0, 0.1) is 11.3 Å². The van der Waals surface area contributed by atoms with Crippen molar-refractivity contribution in [3.63, 3.8) is 0 Å². The first-order chi connectivity index (χ1) is 8.59. The van der Waals surface area contributed by atoms with Crippen molar-refractivity contribution >= 4 is 5.91 Å². The van der Waals surface area contributed by atoms with Gasteiger partial charge in [0.25, 0.3) is 0 Å². The molecular weight excluding hydrogens is 224 g/mol. The van der Waals surface area contributed by atoms with Crippen molar-refractivity contribution in [3.05, 3.63) is 0 Å². The van der Waals surface area contributed by atoms with Gasteiger partial charge in [-0.25, -0.2) is 0 Å². The molecule has 2 rings (SSSR count). The quantitative estimate of drug-likeness (QED) is 0.785. The van der Waals surface area contributed by atoms with E-state index in [0.29, 0.717) is 24.4 Å². The molecule has 0 bridgehead atoms. The van der Waals surface area contributed by atoms with Crippen LogP contribution < -0.4 is 5.73 Å². The molecular formula is C15H28N2O. The van der Waals surface area contributed by atoms with Gasteiger partial charge in [-0.1, -0.05) is 32.6 Å². The monoisotopic (exact) mass is 252 g/mol. The van der Waals surface area contributed by atoms with Gasteiger partial charge in [-0.15, -0.1) is 0 Å². The van der Waals surface area contributed by atoms with Gasteiger partial charge >= 0.3 is 0 Å². The van der Waals surface area contributed by atoms with Gasteiger partial charge in [0.2, 0.25) is 5.91 Å². The molecule has 1 amide bonds. The molecule has 0 aromatic heterocycles. The first-order valence-corrected chi connectivity index (χ1v) is 7.56. The molecule has 0 spiro atoms. The van der Waals surface area contributed by atoms with E-state index >= 15 is 0 Å². The van der Waals surface area contributed by atoms with E-state index in [1.807, 2.05) is 11.9 Å². The lowest BCUT2D eigenvalue weighted by Gasteiger charge is -2.47. The summed E-state index contributed by atoms with van der Waals surface area (Å²) in [5.41, 5.74) is 5.66. The van der Waals surface area contributed by atoms with Gasteiger partial charge in [-0.05, 0) is 31.6 Å². The number of hydrogen-bond acceptors (Lipinski definition) is 2. The van der Waals surface area contributed by atoms with Crippen molar-refractivity contribution in [2.24, 2.45) is 17.1 Å². The molecule has 104 valence electrons. The summed E-state index contributed by atoms with van der Waals surface area (Å²) in [6.45, 7) is 2.74. The van der Waals surface area contributed by atoms with E-state index < -0.39 is 0 Å². The summed E-state index contributed by atoms with van der Waals surface area (Å²) in [4.78, 5) is 14.7. The van der Waals surface area contributed by atoms with Crippen LogP contribution in [0.2, 0.25) is 0 Å². The predicted octanol–water partition coefficient (Wildman–Crippen LogP) is 2.54. The zero-order valence-electron chi connectivity index (χ0n) is 12.0. The van der Waals surface area contributed by atoms with Gasteiger partial charge < -0.3 is 10.6 Å². The van der Waals surface area contributed by atoms with E-state index in [0.717, 1.165) is 12.8 Å². The second-order valence-corrected chi connectivity index (χ2v) is 6.56. The van der Waals surface area contributed by atoms with Crippen LogP contribution in [0.25, 0.3) is 0 Å². The third-order valence-corrected chi connectivity index (χ3v) is 5.02. The van der Waals surface area contributed by atoms with Gasteiger partial charge in [0.1, 0.15) is 0 Å². The molecule has 0 aliphatic heterocycles. The highest BCUT2D eigenvalue weighted by Crippen LogP contribution is 2.46. The molecule has 0 aromatic carbocycles. The van der Waals surface area contributed by atoms with Crippen molar-refractivity contribution in [1.82, 2.24) is 4.90 Å². The van der Waals surface area contributed by atoms with Crippen LogP contribution >= 0.6 is 0 Å². The summed E-state index contributed by atoms with van der Waals surface area (Å²) in [7, 11) is 2.00. The van der Waals surface area contributed by atoms with E-state index in [1.165, 1.54) is 38.5 Å². The zero-order valence-corrected chi connectivity index (χ0v) is 12.0. The van der Waals surface area contributed by atoms with Crippen LogP contribution in [-0.2, 0) is 4.79 Å². The average Bonchev–Trinajstić information content (AvgIpc) is 2.61. The van der Waals surface area contributed by atoms with Crippen LogP contribution in [0.15, 0.2) is 0 Å². The second-order valence-electron chi connectivity index (χ2n) is 6.56. The van der Waals surface area contributed by atoms with E-state index in [2.05, 4.69) is 6.92 Å². The summed E-state index contributed by atoms with van der Waals surface area (Å²) in [5.74, 6) is 0.982. The van der Waals surface area contributed by atoms with Crippen molar-refractivity contribution in [3.8, 4) is 0 Å². The Morgan fingerprint density at radius 2 is 1.78 bits per heavy atom. The Hall–Kier alpha value is -0.570. The largest absolute Gasteiger partial charge is 0.342 e. The highest BCUT2D eigenvalue weighted by Gasteiger charge is 2.49. The third-order valence-electron chi connectivity index (χ3n) is 5.02. The minimum absolute atomic E-state index is 0.222. The zero-order chi connectivity index (χ0) is 13.2. The number of hydrogen-bond donors (Lipinski definition) is 1. The summed E-state index contributed by atoms with van der Waals surface area (Å²) in [6.07, 6.45) is 9.54. The fourth-order valence-corrected chi connectivity index (χ4v) is 3.89. The maximum atomic E-state index is 12.7. The fourth-order valence-electron chi connectivity index (χ4n) is 3.89. The van der Waals surface area contributed by atoms with Crippen molar-refractivity contribution in [2.75, 3.05) is 13.6 Å². The Bertz CT molecular complexity index is 289. The van der Waals surface area contributed by atoms with Crippen molar-refractivity contribution in [2.45, 2.75) is 64.3 Å². The minimum atomic E-state index is -0.222. The van der Waals surface area contributed by atoms with Gasteiger partial charge in [0, 0.05) is 19.6 Å². The van der Waals surface area contributed by atoms with Crippen LogP contribution in [0.5, 0.6) is 0 Å². The first-order valence-electron chi connectivity index (χ1n) is 7.56. The SMILES string of the molecule is CC1CC(CN)(C(=O)N(C)C2CCCCCC2)C1. The standard InChI is InChI=1S/C15H28N2O/c1-12-9-15(10-12,11-16)14(18)17(2)13-7-5-3-4-6-8-13/h12-13H,3-11,16H2,1-2H3. The maximum absolute atomic E-state index is 12.7. The van der Waals surface area contributed by atoms with Gasteiger partial charge in [-0.3, -0.25) is 4.79 Å². The Kier molecular flexibility index (Phi) is 4.31. The molecule has 0 unspecified atom stereocenters. The maximum Gasteiger partial charge on any atom is 0.230 e. The number of nitrogens with two attached hydrogens (primary N) is 1. The van der Waals surface area contributed by atoms with Crippen molar-refractivity contribution < 1.29 is 4.79 Å². The fraction of sp³-hybridized carbons (Fsp3) is 0.933. The molecule has 0 heterocycles. The molecule has 2 saturated carbocycles. The lowest BCUT2D eigenvalue weighted by atomic mass is 9.61. The summed E-state index contributed by atoms with van der Waals surface area (Å²) >= 11 is 0. The van der Waals surface area contributed by atoms with Gasteiger partial charge in [-0.2, -0.15) is 0 Å². The van der Waals surface area contributed by atoms with Crippen LogP contribution in [0.3, 0.4) is 0 Å². The number of rotatable bonds is 3. The lowest BCUT2D eigenvalue weighted by molar-refractivity contribution is -0.150. The van der Waals surface area contributed by atoms with E-state index in [9.17, 15) is 4.79 Å². The molecule has 2 N–H and O–H groups in total. The summed E-state index contributed by atoms with van der Waals surface area (Å²) < 4.78 is 0. The highest BCUT2D eigenvalue weighted by molar-refractivity contribution is 5.84.